The largest absolute Gasteiger partial charge is 0.507 e. The molecule has 3 aromatic rings. The lowest BCUT2D eigenvalue weighted by Gasteiger charge is -2.09. The van der Waals surface area contributed by atoms with Crippen molar-refractivity contribution in [1.82, 2.24) is 4.98 Å². The van der Waals surface area contributed by atoms with Gasteiger partial charge in [-0.3, -0.25) is 5.43 Å². The Kier molecular flexibility index (Phi) is 4.57. The molecule has 5 heteroatoms. The molecule has 0 aliphatic heterocycles. The number of rotatable bonds is 4. The van der Waals surface area contributed by atoms with Gasteiger partial charge in [0.15, 0.2) is 0 Å². The lowest BCUT2D eigenvalue weighted by atomic mass is 10.0. The zero-order valence-corrected chi connectivity index (χ0v) is 14.8. The van der Waals surface area contributed by atoms with Crippen molar-refractivity contribution < 1.29 is 9.84 Å². The van der Waals surface area contributed by atoms with E-state index in [-0.39, 0.29) is 5.75 Å². The fourth-order valence-electron chi connectivity index (χ4n) is 2.83. The van der Waals surface area contributed by atoms with E-state index in [4.69, 9.17) is 4.74 Å². The van der Waals surface area contributed by atoms with Gasteiger partial charge >= 0.3 is 0 Å². The van der Waals surface area contributed by atoms with E-state index in [1.807, 2.05) is 6.07 Å². The number of nitrogens with one attached hydrogen (secondary N) is 1. The van der Waals surface area contributed by atoms with Crippen molar-refractivity contribution in [3.05, 3.63) is 58.7 Å². The number of aromatic nitrogens is 1. The first kappa shape index (κ1) is 16.8. The molecule has 0 bridgehead atoms. The van der Waals surface area contributed by atoms with Gasteiger partial charge in [-0.25, -0.2) is 4.98 Å². The molecule has 1 heterocycles. The quantitative estimate of drug-likeness (QED) is 0.550. The van der Waals surface area contributed by atoms with Gasteiger partial charge in [-0.1, -0.05) is 11.6 Å². The number of phenolic OH excluding ortho intramolecular Hbond substituents is 1. The van der Waals surface area contributed by atoms with Crippen molar-refractivity contribution in [3.8, 4) is 11.5 Å². The summed E-state index contributed by atoms with van der Waals surface area (Å²) in [6, 6.07) is 11.2. The number of fused-ring (bicyclic) bond motifs is 1. The summed E-state index contributed by atoms with van der Waals surface area (Å²) < 4.78 is 5.16. The van der Waals surface area contributed by atoms with E-state index in [1.165, 1.54) is 5.56 Å². The second-order valence-corrected chi connectivity index (χ2v) is 6.10. The van der Waals surface area contributed by atoms with Crippen LogP contribution in [0.5, 0.6) is 11.5 Å². The average Bonchev–Trinajstić information content (AvgIpc) is 2.57. The summed E-state index contributed by atoms with van der Waals surface area (Å²) in [6.45, 7) is 6.21. The summed E-state index contributed by atoms with van der Waals surface area (Å²) in [5.74, 6) is 1.46. The van der Waals surface area contributed by atoms with Gasteiger partial charge in [0.1, 0.15) is 17.3 Å². The summed E-state index contributed by atoms with van der Waals surface area (Å²) in [6.07, 6.45) is 1.54. The molecule has 5 nitrogen and oxygen atoms in total. The number of aryl methyl sites for hydroxylation is 3. The Balaban J connectivity index is 1.89. The van der Waals surface area contributed by atoms with Gasteiger partial charge in [0.25, 0.3) is 0 Å². The molecular weight excluding hydrogens is 314 g/mol. The highest BCUT2D eigenvalue weighted by atomic mass is 16.5. The summed E-state index contributed by atoms with van der Waals surface area (Å²) in [5, 5.41) is 15.2. The van der Waals surface area contributed by atoms with Crippen LogP contribution in [0.4, 0.5) is 5.82 Å². The van der Waals surface area contributed by atoms with E-state index in [2.05, 4.69) is 48.4 Å². The molecule has 128 valence electrons. The number of hydrogen-bond acceptors (Lipinski definition) is 5. The molecule has 0 radical (unpaired) electrons. The van der Waals surface area contributed by atoms with Crippen LogP contribution in [0.3, 0.4) is 0 Å². The van der Waals surface area contributed by atoms with Crippen LogP contribution >= 0.6 is 0 Å². The number of hydrazone groups is 1. The number of hydrogen-bond donors (Lipinski definition) is 2. The van der Waals surface area contributed by atoms with Crippen LogP contribution in [0, 0.1) is 20.8 Å². The molecule has 2 N–H and O–H groups in total. The molecule has 0 saturated heterocycles. The molecule has 0 unspecified atom stereocenters. The maximum absolute atomic E-state index is 9.89. The van der Waals surface area contributed by atoms with Crippen LogP contribution < -0.4 is 10.2 Å². The van der Waals surface area contributed by atoms with Crippen molar-refractivity contribution in [2.45, 2.75) is 20.8 Å². The number of methoxy groups -OCH3 is 1. The zero-order valence-electron chi connectivity index (χ0n) is 14.8. The van der Waals surface area contributed by atoms with E-state index in [0.717, 1.165) is 22.0 Å². The van der Waals surface area contributed by atoms with E-state index in [9.17, 15) is 5.11 Å². The third-order valence-corrected chi connectivity index (χ3v) is 4.07. The molecule has 0 amide bonds. The van der Waals surface area contributed by atoms with Gasteiger partial charge in [0.2, 0.25) is 0 Å². The minimum Gasteiger partial charge on any atom is -0.507 e. The third-order valence-electron chi connectivity index (χ3n) is 4.07. The van der Waals surface area contributed by atoms with Crippen molar-refractivity contribution in [1.29, 1.82) is 0 Å². The van der Waals surface area contributed by atoms with Gasteiger partial charge in [0, 0.05) is 10.9 Å². The van der Waals surface area contributed by atoms with Gasteiger partial charge < -0.3 is 9.84 Å². The highest BCUT2D eigenvalue weighted by Crippen LogP contribution is 2.25. The highest BCUT2D eigenvalue weighted by molar-refractivity contribution is 5.88. The number of nitrogens with zero attached hydrogens (tertiary/aromatic N) is 2. The van der Waals surface area contributed by atoms with E-state index in [0.29, 0.717) is 17.1 Å². The normalized spacial score (nSPS) is 11.2. The minimum absolute atomic E-state index is 0.139. The number of anilines is 1. The fraction of sp³-hybridized carbons (Fsp3) is 0.200. The van der Waals surface area contributed by atoms with Crippen molar-refractivity contribution >= 4 is 22.9 Å². The summed E-state index contributed by atoms with van der Waals surface area (Å²) >= 11 is 0. The SMILES string of the molecule is COc1ccc(O)c(C=NNc2cc(C)c3cc(C)cc(C)c3n2)c1. The predicted octanol–water partition coefficient (Wildman–Crippen LogP) is 4.32. The van der Waals surface area contributed by atoms with Crippen LogP contribution in [0.25, 0.3) is 10.9 Å². The minimum atomic E-state index is 0.139. The Morgan fingerprint density at radius 3 is 2.64 bits per heavy atom. The Morgan fingerprint density at radius 2 is 1.88 bits per heavy atom. The van der Waals surface area contributed by atoms with Crippen LogP contribution in [-0.4, -0.2) is 23.4 Å². The second-order valence-electron chi connectivity index (χ2n) is 6.10. The third kappa shape index (κ3) is 3.55. The Labute approximate surface area is 147 Å². The topological polar surface area (TPSA) is 66.7 Å². The molecule has 0 aliphatic rings. The van der Waals surface area contributed by atoms with Gasteiger partial charge in [-0.15, -0.1) is 0 Å². The molecule has 0 saturated carbocycles. The molecule has 2 aromatic carbocycles. The first-order valence-electron chi connectivity index (χ1n) is 8.02. The Morgan fingerprint density at radius 1 is 1.08 bits per heavy atom. The fourth-order valence-corrected chi connectivity index (χ4v) is 2.83. The van der Waals surface area contributed by atoms with Crippen molar-refractivity contribution in [2.75, 3.05) is 12.5 Å². The first-order valence-corrected chi connectivity index (χ1v) is 8.02. The highest BCUT2D eigenvalue weighted by Gasteiger charge is 2.06. The molecule has 0 fully saturated rings. The lowest BCUT2D eigenvalue weighted by Crippen LogP contribution is -1.97. The average molecular weight is 335 g/mol. The lowest BCUT2D eigenvalue weighted by molar-refractivity contribution is 0.412. The van der Waals surface area contributed by atoms with Crippen LogP contribution in [0.2, 0.25) is 0 Å². The standard InChI is InChI=1S/C20H21N3O2/c1-12-7-14(3)20-17(8-12)13(2)9-19(22-20)23-21-11-15-10-16(25-4)5-6-18(15)24/h5-11,24H,1-4H3,(H,22,23). The van der Waals surface area contributed by atoms with Crippen LogP contribution in [0.1, 0.15) is 22.3 Å². The molecular formula is C20H21N3O2. The number of benzene rings is 2. The number of phenols is 1. The molecule has 1 aromatic heterocycles. The van der Waals surface area contributed by atoms with Gasteiger partial charge in [-0.2, -0.15) is 5.10 Å². The molecule has 0 atom stereocenters. The Bertz CT molecular complexity index is 965. The summed E-state index contributed by atoms with van der Waals surface area (Å²) in [4.78, 5) is 4.65. The van der Waals surface area contributed by atoms with Gasteiger partial charge in [0.05, 0.1) is 18.8 Å². The summed E-state index contributed by atoms with van der Waals surface area (Å²) in [5.41, 5.74) is 7.97. The van der Waals surface area contributed by atoms with E-state index >= 15 is 0 Å². The van der Waals surface area contributed by atoms with E-state index in [1.54, 1.807) is 31.5 Å². The van der Waals surface area contributed by atoms with Gasteiger partial charge in [-0.05, 0) is 62.2 Å². The van der Waals surface area contributed by atoms with Crippen LogP contribution in [0.15, 0.2) is 41.5 Å². The molecule has 0 aliphatic carbocycles. The molecule has 0 spiro atoms. The maximum Gasteiger partial charge on any atom is 0.147 e. The second kappa shape index (κ2) is 6.81. The summed E-state index contributed by atoms with van der Waals surface area (Å²) in [7, 11) is 1.58. The van der Waals surface area contributed by atoms with E-state index < -0.39 is 0 Å². The number of ether oxygens (including phenoxy) is 1. The molecule has 3 rings (SSSR count). The molecule has 25 heavy (non-hydrogen) atoms. The monoisotopic (exact) mass is 335 g/mol. The zero-order chi connectivity index (χ0) is 18.0. The smallest absolute Gasteiger partial charge is 0.147 e. The number of aromatic hydroxyl groups is 1. The van der Waals surface area contributed by atoms with Crippen molar-refractivity contribution in [3.63, 3.8) is 0 Å². The number of pyridine rings is 1. The predicted molar refractivity (Wildman–Crippen MR) is 102 cm³/mol. The Hall–Kier alpha value is -3.08. The first-order chi connectivity index (χ1) is 12.0. The maximum atomic E-state index is 9.89. The van der Waals surface area contributed by atoms with Crippen LogP contribution in [-0.2, 0) is 0 Å². The van der Waals surface area contributed by atoms with Crippen molar-refractivity contribution in [2.24, 2.45) is 5.10 Å².